The normalized spacial score (nSPS) is 10.8. The summed E-state index contributed by atoms with van der Waals surface area (Å²) in [5.74, 6) is 0.702. The molecule has 4 rings (SSSR count). The van der Waals surface area contributed by atoms with Gasteiger partial charge in [0.25, 0.3) is 5.56 Å². The summed E-state index contributed by atoms with van der Waals surface area (Å²) < 4.78 is 17.7. The van der Waals surface area contributed by atoms with Crippen LogP contribution in [0.1, 0.15) is 21.9 Å². The first kappa shape index (κ1) is 19.4. The summed E-state index contributed by atoms with van der Waals surface area (Å²) in [6, 6.07) is 17.9. The summed E-state index contributed by atoms with van der Waals surface area (Å²) in [6.07, 6.45) is 1.40. The maximum Gasteiger partial charge on any atom is 0.374 e. The first-order valence-corrected chi connectivity index (χ1v) is 9.51. The molecule has 0 amide bonds. The Kier molecular flexibility index (Phi) is 5.61. The van der Waals surface area contributed by atoms with E-state index in [0.717, 1.165) is 11.3 Å². The Hall–Kier alpha value is -3.87. The summed E-state index contributed by atoms with van der Waals surface area (Å²) in [4.78, 5) is 29.6. The number of fused-ring (bicyclic) bond motifs is 1. The molecular weight excluding hydrogens is 384 g/mol. The predicted octanol–water partition coefficient (Wildman–Crippen LogP) is 3.73. The van der Waals surface area contributed by atoms with E-state index in [1.54, 1.807) is 24.3 Å². The second kappa shape index (κ2) is 8.65. The van der Waals surface area contributed by atoms with Crippen LogP contribution in [0.25, 0.3) is 10.9 Å². The SMILES string of the molecule is Cc1ccccc1OCc1nc2ccccc2c(=O)n1CCOC(=O)c1ccco1. The van der Waals surface area contributed by atoms with Crippen molar-refractivity contribution in [1.82, 2.24) is 9.55 Å². The zero-order valence-corrected chi connectivity index (χ0v) is 16.4. The van der Waals surface area contributed by atoms with Gasteiger partial charge in [-0.3, -0.25) is 9.36 Å². The number of carbonyl (C=O) groups is 1. The molecule has 0 aliphatic rings. The molecule has 7 nitrogen and oxygen atoms in total. The van der Waals surface area contributed by atoms with Gasteiger partial charge < -0.3 is 13.9 Å². The molecule has 0 N–H and O–H groups in total. The van der Waals surface area contributed by atoms with Crippen LogP contribution in [0.15, 0.2) is 76.1 Å². The number of para-hydroxylation sites is 2. The number of ether oxygens (including phenoxy) is 2. The fourth-order valence-corrected chi connectivity index (χ4v) is 3.11. The highest BCUT2D eigenvalue weighted by Gasteiger charge is 2.14. The van der Waals surface area contributed by atoms with Crippen LogP contribution in [-0.2, 0) is 17.9 Å². The van der Waals surface area contributed by atoms with Crippen LogP contribution in [-0.4, -0.2) is 22.1 Å². The standard InChI is InChI=1S/C23H20N2O5/c1-16-7-2-5-10-19(16)30-15-21-24-18-9-4-3-8-17(18)22(26)25(21)12-14-29-23(27)20-11-6-13-28-20/h2-11,13H,12,14-15H2,1H3. The summed E-state index contributed by atoms with van der Waals surface area (Å²) in [5, 5.41) is 0.495. The minimum absolute atomic E-state index is 0.00315. The van der Waals surface area contributed by atoms with E-state index in [1.165, 1.54) is 16.9 Å². The van der Waals surface area contributed by atoms with Crippen molar-refractivity contribution in [3.05, 3.63) is 94.4 Å². The highest BCUT2D eigenvalue weighted by Crippen LogP contribution is 2.18. The fourth-order valence-electron chi connectivity index (χ4n) is 3.11. The highest BCUT2D eigenvalue weighted by atomic mass is 16.5. The molecule has 7 heteroatoms. The number of nitrogens with zero attached hydrogens (tertiary/aromatic N) is 2. The van der Waals surface area contributed by atoms with Crippen molar-refractivity contribution in [2.45, 2.75) is 20.1 Å². The van der Waals surface area contributed by atoms with Crippen LogP contribution in [0.4, 0.5) is 0 Å². The van der Waals surface area contributed by atoms with E-state index in [4.69, 9.17) is 13.9 Å². The number of aryl methyl sites for hydroxylation is 1. The first-order chi connectivity index (χ1) is 14.6. The molecule has 152 valence electrons. The quantitative estimate of drug-likeness (QED) is 0.437. The molecule has 2 aromatic carbocycles. The van der Waals surface area contributed by atoms with E-state index in [9.17, 15) is 9.59 Å². The van der Waals surface area contributed by atoms with Gasteiger partial charge in [-0.05, 0) is 42.8 Å². The molecule has 0 radical (unpaired) electrons. The molecule has 0 saturated carbocycles. The Morgan fingerprint density at radius 3 is 2.67 bits per heavy atom. The van der Waals surface area contributed by atoms with E-state index in [2.05, 4.69) is 4.98 Å². The number of hydrogen-bond donors (Lipinski definition) is 0. The largest absolute Gasteiger partial charge is 0.485 e. The number of furan rings is 1. The summed E-state index contributed by atoms with van der Waals surface area (Å²) in [6.45, 7) is 2.20. The van der Waals surface area contributed by atoms with Crippen LogP contribution in [0.2, 0.25) is 0 Å². The smallest absolute Gasteiger partial charge is 0.374 e. The molecule has 2 heterocycles. The Balaban J connectivity index is 1.58. The highest BCUT2D eigenvalue weighted by molar-refractivity contribution is 5.86. The number of carbonyl (C=O) groups excluding carboxylic acids is 1. The topological polar surface area (TPSA) is 83.6 Å². The molecule has 0 spiro atoms. The maximum absolute atomic E-state index is 13.0. The van der Waals surface area contributed by atoms with Gasteiger partial charge in [0.05, 0.1) is 23.7 Å². The van der Waals surface area contributed by atoms with E-state index < -0.39 is 5.97 Å². The van der Waals surface area contributed by atoms with Crippen molar-refractivity contribution in [1.29, 1.82) is 0 Å². The van der Waals surface area contributed by atoms with Crippen molar-refractivity contribution in [2.75, 3.05) is 6.61 Å². The average molecular weight is 404 g/mol. The molecule has 30 heavy (non-hydrogen) atoms. The lowest BCUT2D eigenvalue weighted by molar-refractivity contribution is 0.0452. The van der Waals surface area contributed by atoms with Gasteiger partial charge in [-0.2, -0.15) is 0 Å². The summed E-state index contributed by atoms with van der Waals surface area (Å²) >= 11 is 0. The Labute approximate surface area is 172 Å². The Morgan fingerprint density at radius 1 is 1.07 bits per heavy atom. The van der Waals surface area contributed by atoms with Crippen molar-refractivity contribution in [3.8, 4) is 5.75 Å². The maximum atomic E-state index is 13.0. The molecule has 0 bridgehead atoms. The molecule has 0 fully saturated rings. The molecular formula is C23H20N2O5. The number of aromatic nitrogens is 2. The predicted molar refractivity (Wildman–Crippen MR) is 111 cm³/mol. The van der Waals surface area contributed by atoms with E-state index >= 15 is 0 Å². The minimum Gasteiger partial charge on any atom is -0.485 e. The lowest BCUT2D eigenvalue weighted by atomic mass is 10.2. The molecule has 0 saturated heterocycles. The second-order valence-corrected chi connectivity index (χ2v) is 6.67. The Morgan fingerprint density at radius 2 is 1.87 bits per heavy atom. The van der Waals surface area contributed by atoms with Gasteiger partial charge in [0.1, 0.15) is 24.8 Å². The van der Waals surface area contributed by atoms with Crippen LogP contribution < -0.4 is 10.3 Å². The van der Waals surface area contributed by atoms with Crippen molar-refractivity contribution < 1.29 is 18.7 Å². The van der Waals surface area contributed by atoms with Gasteiger partial charge in [0.15, 0.2) is 0 Å². The number of benzene rings is 2. The molecule has 4 aromatic rings. The third-order valence-corrected chi connectivity index (χ3v) is 4.66. The third kappa shape index (κ3) is 4.10. The van der Waals surface area contributed by atoms with Crippen molar-refractivity contribution >= 4 is 16.9 Å². The number of hydrogen-bond acceptors (Lipinski definition) is 6. The van der Waals surface area contributed by atoms with Gasteiger partial charge >= 0.3 is 5.97 Å². The monoisotopic (exact) mass is 404 g/mol. The van der Waals surface area contributed by atoms with Crippen LogP contribution >= 0.6 is 0 Å². The van der Waals surface area contributed by atoms with E-state index in [0.29, 0.717) is 16.7 Å². The Bertz CT molecular complexity index is 1230. The third-order valence-electron chi connectivity index (χ3n) is 4.66. The first-order valence-electron chi connectivity index (χ1n) is 9.51. The molecule has 0 atom stereocenters. The van der Waals surface area contributed by atoms with Crippen LogP contribution in [0.3, 0.4) is 0 Å². The zero-order valence-electron chi connectivity index (χ0n) is 16.4. The van der Waals surface area contributed by atoms with Gasteiger partial charge in [0.2, 0.25) is 5.76 Å². The molecule has 0 unspecified atom stereocenters. The van der Waals surface area contributed by atoms with E-state index in [-0.39, 0.29) is 31.1 Å². The van der Waals surface area contributed by atoms with Crippen LogP contribution in [0, 0.1) is 6.92 Å². The molecule has 2 aromatic heterocycles. The van der Waals surface area contributed by atoms with Gasteiger partial charge in [0, 0.05) is 0 Å². The van der Waals surface area contributed by atoms with Crippen molar-refractivity contribution in [2.24, 2.45) is 0 Å². The average Bonchev–Trinajstić information content (AvgIpc) is 3.30. The zero-order chi connectivity index (χ0) is 20.9. The lowest BCUT2D eigenvalue weighted by Crippen LogP contribution is -2.28. The van der Waals surface area contributed by atoms with Gasteiger partial charge in [-0.15, -0.1) is 0 Å². The van der Waals surface area contributed by atoms with E-state index in [1.807, 2.05) is 37.3 Å². The summed E-state index contributed by atoms with van der Waals surface area (Å²) in [5.41, 5.74) is 1.37. The summed E-state index contributed by atoms with van der Waals surface area (Å²) in [7, 11) is 0. The lowest BCUT2D eigenvalue weighted by Gasteiger charge is -2.15. The molecule has 0 aliphatic carbocycles. The van der Waals surface area contributed by atoms with Crippen LogP contribution in [0.5, 0.6) is 5.75 Å². The number of esters is 1. The van der Waals surface area contributed by atoms with Crippen molar-refractivity contribution in [3.63, 3.8) is 0 Å². The number of rotatable bonds is 7. The van der Waals surface area contributed by atoms with Gasteiger partial charge in [-0.1, -0.05) is 30.3 Å². The molecule has 0 aliphatic heterocycles. The minimum atomic E-state index is -0.584. The van der Waals surface area contributed by atoms with Gasteiger partial charge in [-0.25, -0.2) is 9.78 Å². The fraction of sp³-hybridized carbons (Fsp3) is 0.174. The second-order valence-electron chi connectivity index (χ2n) is 6.67.